The maximum absolute atomic E-state index is 12.1. The number of nitrogens with one attached hydrogen (secondary N) is 2. The summed E-state index contributed by atoms with van der Waals surface area (Å²) >= 11 is 1.44. The van der Waals surface area contributed by atoms with Gasteiger partial charge in [-0.15, -0.1) is 11.3 Å². The lowest BCUT2D eigenvalue weighted by Crippen LogP contribution is -2.30. The molecule has 2 rings (SSSR count). The summed E-state index contributed by atoms with van der Waals surface area (Å²) in [5.41, 5.74) is 0. The lowest BCUT2D eigenvalue weighted by atomic mass is 10.0. The molecule has 1 aliphatic rings. The van der Waals surface area contributed by atoms with Crippen LogP contribution >= 0.6 is 11.3 Å². The number of ether oxygens (including phenoxy) is 1. The minimum Gasteiger partial charge on any atom is -0.393 e. The highest BCUT2D eigenvalue weighted by molar-refractivity contribution is 7.14. The van der Waals surface area contributed by atoms with Crippen LogP contribution in [0.2, 0.25) is 0 Å². The number of hydrogen-bond acceptors (Lipinski definition) is 5. The summed E-state index contributed by atoms with van der Waals surface area (Å²) < 4.78 is 6.14. The Kier molecular flexibility index (Phi) is 9.95. The number of carbonyl (C=O) groups is 2. The summed E-state index contributed by atoms with van der Waals surface area (Å²) in [6.45, 7) is 5.10. The zero-order valence-electron chi connectivity index (χ0n) is 17.0. The molecular weight excluding hydrogens is 376 g/mol. The average Bonchev–Trinajstić information content (AvgIpc) is 3.31. The zero-order chi connectivity index (χ0) is 20.4. The van der Waals surface area contributed by atoms with E-state index in [0.29, 0.717) is 37.3 Å². The van der Waals surface area contributed by atoms with E-state index in [2.05, 4.69) is 17.6 Å². The van der Waals surface area contributed by atoms with Crippen LogP contribution in [0, 0.1) is 0 Å². The van der Waals surface area contributed by atoms with Crippen LogP contribution in [0.3, 0.4) is 0 Å². The summed E-state index contributed by atoms with van der Waals surface area (Å²) in [6.07, 6.45) is 6.34. The highest BCUT2D eigenvalue weighted by Crippen LogP contribution is 2.31. The predicted molar refractivity (Wildman–Crippen MR) is 112 cm³/mol. The summed E-state index contributed by atoms with van der Waals surface area (Å²) in [6, 6.07) is 3.82. The van der Waals surface area contributed by atoms with Crippen molar-refractivity contribution in [1.82, 2.24) is 10.6 Å². The topological polar surface area (TPSA) is 87.7 Å². The van der Waals surface area contributed by atoms with Crippen molar-refractivity contribution in [3.8, 4) is 0 Å². The molecule has 1 aromatic rings. The number of amides is 2. The van der Waals surface area contributed by atoms with E-state index in [9.17, 15) is 14.7 Å². The Labute approximate surface area is 172 Å². The van der Waals surface area contributed by atoms with E-state index in [4.69, 9.17) is 4.74 Å². The smallest absolute Gasteiger partial charge is 0.261 e. The monoisotopic (exact) mass is 410 g/mol. The number of rotatable bonds is 13. The fourth-order valence-corrected chi connectivity index (χ4v) is 4.36. The van der Waals surface area contributed by atoms with Gasteiger partial charge in [-0.25, -0.2) is 0 Å². The van der Waals surface area contributed by atoms with Gasteiger partial charge >= 0.3 is 0 Å². The number of aliphatic hydroxyl groups excluding tert-OH is 1. The van der Waals surface area contributed by atoms with E-state index >= 15 is 0 Å². The first-order chi connectivity index (χ1) is 13.5. The molecule has 158 valence electrons. The number of thiophene rings is 1. The second-order valence-corrected chi connectivity index (χ2v) is 8.53. The molecule has 1 unspecified atom stereocenters. The van der Waals surface area contributed by atoms with E-state index in [0.717, 1.165) is 37.0 Å². The Morgan fingerprint density at radius 3 is 2.82 bits per heavy atom. The molecule has 6 nitrogen and oxygen atoms in total. The van der Waals surface area contributed by atoms with Gasteiger partial charge in [-0.2, -0.15) is 0 Å². The molecule has 0 radical (unpaired) electrons. The van der Waals surface area contributed by atoms with Crippen LogP contribution in [0.1, 0.15) is 85.9 Å². The van der Waals surface area contributed by atoms with E-state index in [1.54, 1.807) is 0 Å². The second-order valence-electron chi connectivity index (χ2n) is 7.41. The molecule has 1 aliphatic heterocycles. The summed E-state index contributed by atoms with van der Waals surface area (Å²) in [7, 11) is 0. The van der Waals surface area contributed by atoms with Crippen LogP contribution in [-0.2, 0) is 9.53 Å². The van der Waals surface area contributed by atoms with Crippen molar-refractivity contribution in [3.63, 3.8) is 0 Å². The molecule has 7 heteroatoms. The maximum atomic E-state index is 12.1. The lowest BCUT2D eigenvalue weighted by Gasteiger charge is -2.21. The van der Waals surface area contributed by atoms with Gasteiger partial charge in [-0.05, 0) is 44.7 Å². The molecule has 0 spiro atoms. The SMILES string of the molecule is CCCCC[C@H](O)CCC(OC[C@H]1CCC(=O)N1)c1ccc(C(=O)NCC)s1. The van der Waals surface area contributed by atoms with E-state index in [1.165, 1.54) is 11.3 Å². The first-order valence-corrected chi connectivity index (χ1v) is 11.3. The molecule has 28 heavy (non-hydrogen) atoms. The van der Waals surface area contributed by atoms with Gasteiger partial charge in [0, 0.05) is 17.8 Å². The molecular formula is C21H34N2O4S. The molecule has 1 saturated heterocycles. The fraction of sp³-hybridized carbons (Fsp3) is 0.714. The first-order valence-electron chi connectivity index (χ1n) is 10.5. The van der Waals surface area contributed by atoms with Gasteiger partial charge in [-0.1, -0.05) is 26.2 Å². The zero-order valence-corrected chi connectivity index (χ0v) is 17.9. The number of hydrogen-bond donors (Lipinski definition) is 3. The van der Waals surface area contributed by atoms with E-state index < -0.39 is 0 Å². The van der Waals surface area contributed by atoms with Gasteiger partial charge in [0.05, 0.1) is 29.7 Å². The van der Waals surface area contributed by atoms with Crippen molar-refractivity contribution in [2.24, 2.45) is 0 Å². The van der Waals surface area contributed by atoms with Crippen LogP contribution in [0.5, 0.6) is 0 Å². The van der Waals surface area contributed by atoms with Crippen LogP contribution in [0.25, 0.3) is 0 Å². The average molecular weight is 411 g/mol. The quantitative estimate of drug-likeness (QED) is 0.434. The standard InChI is InChI=1S/C21H34N2O4S/c1-3-5-6-7-16(24)9-10-17(27-14-15-8-13-20(25)23-15)18-11-12-19(28-18)21(26)22-4-2/h11-12,15-17,24H,3-10,13-14H2,1-2H3,(H,22,26)(H,23,25)/t15-,16+,17?/m1/s1. The third-order valence-corrected chi connectivity index (χ3v) is 6.17. The highest BCUT2D eigenvalue weighted by Gasteiger charge is 2.24. The fourth-order valence-electron chi connectivity index (χ4n) is 3.36. The highest BCUT2D eigenvalue weighted by atomic mass is 32.1. The van der Waals surface area contributed by atoms with E-state index in [-0.39, 0.29) is 30.1 Å². The molecule has 0 saturated carbocycles. The third-order valence-electron chi connectivity index (χ3n) is 4.99. The molecule has 0 aliphatic carbocycles. The Balaban J connectivity index is 1.94. The second kappa shape index (κ2) is 12.2. The van der Waals surface area contributed by atoms with Crippen molar-refractivity contribution < 1.29 is 19.4 Å². The van der Waals surface area contributed by atoms with Crippen LogP contribution in [0.4, 0.5) is 0 Å². The van der Waals surface area contributed by atoms with Crippen molar-refractivity contribution in [2.45, 2.75) is 83.5 Å². The van der Waals surface area contributed by atoms with Crippen molar-refractivity contribution >= 4 is 23.2 Å². The molecule has 2 amide bonds. The molecule has 3 N–H and O–H groups in total. The van der Waals surface area contributed by atoms with Crippen LogP contribution in [-0.4, -0.2) is 42.2 Å². The van der Waals surface area contributed by atoms with Crippen LogP contribution in [0.15, 0.2) is 12.1 Å². The largest absolute Gasteiger partial charge is 0.393 e. The summed E-state index contributed by atoms with van der Waals surface area (Å²) in [5, 5.41) is 16.0. The molecule has 0 bridgehead atoms. The molecule has 2 heterocycles. The molecule has 3 atom stereocenters. The third kappa shape index (κ3) is 7.53. The van der Waals surface area contributed by atoms with Crippen molar-refractivity contribution in [3.05, 3.63) is 21.9 Å². The number of unbranched alkanes of at least 4 members (excludes halogenated alkanes) is 2. The minimum absolute atomic E-state index is 0.0484. The Bertz CT molecular complexity index is 619. The Morgan fingerprint density at radius 2 is 2.14 bits per heavy atom. The van der Waals surface area contributed by atoms with Gasteiger partial charge in [0.2, 0.25) is 5.91 Å². The molecule has 0 aromatic carbocycles. The first kappa shape index (κ1) is 22.8. The van der Waals surface area contributed by atoms with Crippen LogP contribution < -0.4 is 10.6 Å². The lowest BCUT2D eigenvalue weighted by molar-refractivity contribution is -0.119. The summed E-state index contributed by atoms with van der Waals surface area (Å²) in [4.78, 5) is 25.1. The van der Waals surface area contributed by atoms with Crippen molar-refractivity contribution in [1.29, 1.82) is 0 Å². The Hall–Kier alpha value is -1.44. The van der Waals surface area contributed by atoms with Gasteiger partial charge in [0.1, 0.15) is 0 Å². The minimum atomic E-state index is -0.327. The van der Waals surface area contributed by atoms with Gasteiger partial charge in [0.15, 0.2) is 0 Å². The summed E-state index contributed by atoms with van der Waals surface area (Å²) in [5.74, 6) is 0.00583. The van der Waals surface area contributed by atoms with Gasteiger partial charge in [0.25, 0.3) is 5.91 Å². The number of aliphatic hydroxyl groups is 1. The number of carbonyl (C=O) groups excluding carboxylic acids is 2. The maximum Gasteiger partial charge on any atom is 0.261 e. The van der Waals surface area contributed by atoms with Gasteiger partial charge < -0.3 is 20.5 Å². The van der Waals surface area contributed by atoms with Gasteiger partial charge in [-0.3, -0.25) is 9.59 Å². The normalized spacial score (nSPS) is 18.7. The Morgan fingerprint density at radius 1 is 1.32 bits per heavy atom. The van der Waals surface area contributed by atoms with Crippen molar-refractivity contribution in [2.75, 3.05) is 13.2 Å². The molecule has 1 aromatic heterocycles. The van der Waals surface area contributed by atoms with E-state index in [1.807, 2.05) is 19.1 Å². The predicted octanol–water partition coefficient (Wildman–Crippen LogP) is 3.56. The molecule has 1 fully saturated rings.